The predicted molar refractivity (Wildman–Crippen MR) is 84.4 cm³/mol. The first-order valence-electron chi connectivity index (χ1n) is 6.74. The van der Waals surface area contributed by atoms with E-state index in [1.807, 2.05) is 43.3 Å². The van der Waals surface area contributed by atoms with Crippen molar-refractivity contribution in [3.63, 3.8) is 0 Å². The largest absolute Gasteiger partial charge is 0.458 e. The number of benzene rings is 1. The molecule has 0 aliphatic rings. The minimum absolute atomic E-state index is 0.308. The van der Waals surface area contributed by atoms with Crippen LogP contribution in [0.2, 0.25) is 0 Å². The maximum atomic E-state index is 12.4. The molecule has 1 atom stereocenters. The predicted octanol–water partition coefficient (Wildman–Crippen LogP) is 2.87. The minimum atomic E-state index is -0.376. The van der Waals surface area contributed by atoms with Crippen LogP contribution in [0.15, 0.2) is 30.3 Å². The second-order valence-electron chi connectivity index (χ2n) is 5.06. The fourth-order valence-corrected chi connectivity index (χ4v) is 2.01. The number of anilines is 1. The quantitative estimate of drug-likeness (QED) is 0.639. The van der Waals surface area contributed by atoms with Crippen molar-refractivity contribution in [2.45, 2.75) is 19.4 Å². The average molecular weight is 282 g/mol. The molecule has 4 heteroatoms. The third kappa shape index (κ3) is 3.32. The second kappa shape index (κ2) is 6.27. The Bertz CT molecular complexity index is 701. The molecule has 1 aromatic carbocycles. The van der Waals surface area contributed by atoms with E-state index in [1.165, 1.54) is 0 Å². The number of ether oxygens (including phenoxy) is 1. The van der Waals surface area contributed by atoms with Crippen LogP contribution in [-0.2, 0) is 4.74 Å². The number of para-hydroxylation sites is 1. The molecule has 0 fully saturated rings. The number of terminal acetylenes is 1. The van der Waals surface area contributed by atoms with Crippen molar-refractivity contribution in [3.8, 4) is 12.3 Å². The number of aromatic nitrogens is 1. The number of fused-ring (bicyclic) bond motifs is 1. The Labute approximate surface area is 124 Å². The van der Waals surface area contributed by atoms with Crippen molar-refractivity contribution in [2.24, 2.45) is 0 Å². The first kappa shape index (κ1) is 14.9. The van der Waals surface area contributed by atoms with E-state index in [-0.39, 0.29) is 12.1 Å². The van der Waals surface area contributed by atoms with Crippen LogP contribution in [0.25, 0.3) is 10.9 Å². The molecule has 0 radical (unpaired) electrons. The molecule has 0 saturated carbocycles. The Morgan fingerprint density at radius 3 is 2.81 bits per heavy atom. The van der Waals surface area contributed by atoms with Gasteiger partial charge in [0.25, 0.3) is 0 Å². The van der Waals surface area contributed by atoms with Gasteiger partial charge in [-0.3, -0.25) is 0 Å². The molecule has 1 aromatic heterocycles. The SMILES string of the molecule is C#CC[C@H](C)OC(=O)c1cc(N(C)C)nc2ccccc12. The number of hydrogen-bond donors (Lipinski definition) is 0. The van der Waals surface area contributed by atoms with Gasteiger partial charge in [0.1, 0.15) is 11.9 Å². The van der Waals surface area contributed by atoms with Gasteiger partial charge < -0.3 is 9.64 Å². The van der Waals surface area contributed by atoms with Gasteiger partial charge in [0.05, 0.1) is 11.1 Å². The van der Waals surface area contributed by atoms with E-state index >= 15 is 0 Å². The van der Waals surface area contributed by atoms with Gasteiger partial charge in [-0.1, -0.05) is 18.2 Å². The number of pyridine rings is 1. The highest BCUT2D eigenvalue weighted by molar-refractivity contribution is 6.04. The Kier molecular flexibility index (Phi) is 4.44. The molecule has 0 N–H and O–H groups in total. The zero-order valence-corrected chi connectivity index (χ0v) is 12.5. The summed E-state index contributed by atoms with van der Waals surface area (Å²) in [5.74, 6) is 2.83. The number of esters is 1. The minimum Gasteiger partial charge on any atom is -0.458 e. The first-order chi connectivity index (χ1) is 10.0. The van der Waals surface area contributed by atoms with Gasteiger partial charge in [0, 0.05) is 25.9 Å². The normalized spacial score (nSPS) is 11.7. The lowest BCUT2D eigenvalue weighted by molar-refractivity contribution is 0.0354. The Morgan fingerprint density at radius 2 is 2.14 bits per heavy atom. The van der Waals surface area contributed by atoms with Crippen molar-refractivity contribution in [3.05, 3.63) is 35.9 Å². The topological polar surface area (TPSA) is 42.4 Å². The van der Waals surface area contributed by atoms with Gasteiger partial charge in [-0.15, -0.1) is 12.3 Å². The number of carbonyl (C=O) groups is 1. The molecule has 4 nitrogen and oxygen atoms in total. The summed E-state index contributed by atoms with van der Waals surface area (Å²) in [5.41, 5.74) is 1.27. The van der Waals surface area contributed by atoms with E-state index in [0.717, 1.165) is 10.9 Å². The van der Waals surface area contributed by atoms with E-state index < -0.39 is 0 Å². The monoisotopic (exact) mass is 282 g/mol. The molecule has 0 aliphatic carbocycles. The maximum Gasteiger partial charge on any atom is 0.339 e. The fraction of sp³-hybridized carbons (Fsp3) is 0.294. The molecule has 2 aromatic rings. The lowest BCUT2D eigenvalue weighted by Gasteiger charge is -2.16. The molecule has 0 aliphatic heterocycles. The summed E-state index contributed by atoms with van der Waals surface area (Å²) in [6.07, 6.45) is 5.33. The average Bonchev–Trinajstić information content (AvgIpc) is 2.46. The molecule has 0 spiro atoms. The number of nitrogens with zero attached hydrogens (tertiary/aromatic N) is 2. The van der Waals surface area contributed by atoms with E-state index in [1.54, 1.807) is 13.0 Å². The summed E-state index contributed by atoms with van der Waals surface area (Å²) in [7, 11) is 3.76. The number of carbonyl (C=O) groups excluding carboxylic acids is 1. The standard InChI is InChI=1S/C17H18N2O2/c1-5-8-12(2)21-17(20)14-11-16(19(3)4)18-15-10-7-6-9-13(14)15/h1,6-7,9-12H,8H2,2-4H3/t12-/m0/s1. The first-order valence-corrected chi connectivity index (χ1v) is 6.74. The third-order valence-electron chi connectivity index (χ3n) is 3.09. The van der Waals surface area contributed by atoms with Crippen LogP contribution >= 0.6 is 0 Å². The summed E-state index contributed by atoms with van der Waals surface area (Å²) in [5, 5.41) is 0.779. The Morgan fingerprint density at radius 1 is 1.43 bits per heavy atom. The highest BCUT2D eigenvalue weighted by atomic mass is 16.5. The van der Waals surface area contributed by atoms with E-state index in [4.69, 9.17) is 11.2 Å². The highest BCUT2D eigenvalue weighted by Gasteiger charge is 2.17. The molecule has 21 heavy (non-hydrogen) atoms. The van der Waals surface area contributed by atoms with Crippen LogP contribution in [0.3, 0.4) is 0 Å². The summed E-state index contributed by atoms with van der Waals surface area (Å²) >= 11 is 0. The fourth-order valence-electron chi connectivity index (χ4n) is 2.01. The van der Waals surface area contributed by atoms with Crippen molar-refractivity contribution in [1.82, 2.24) is 4.98 Å². The van der Waals surface area contributed by atoms with Crippen LogP contribution in [0.4, 0.5) is 5.82 Å². The molecule has 0 bridgehead atoms. The zero-order chi connectivity index (χ0) is 15.4. The van der Waals surface area contributed by atoms with E-state index in [0.29, 0.717) is 17.8 Å². The maximum absolute atomic E-state index is 12.4. The van der Waals surface area contributed by atoms with Crippen LogP contribution in [0.1, 0.15) is 23.7 Å². The van der Waals surface area contributed by atoms with Gasteiger partial charge in [0.2, 0.25) is 0 Å². The molecule has 0 saturated heterocycles. The molecular formula is C17H18N2O2. The lowest BCUT2D eigenvalue weighted by atomic mass is 10.1. The van der Waals surface area contributed by atoms with E-state index in [9.17, 15) is 4.79 Å². The number of hydrogen-bond acceptors (Lipinski definition) is 4. The lowest BCUT2D eigenvalue weighted by Crippen LogP contribution is -2.17. The van der Waals surface area contributed by atoms with Crippen LogP contribution in [-0.4, -0.2) is 31.2 Å². The van der Waals surface area contributed by atoms with Crippen molar-refractivity contribution < 1.29 is 9.53 Å². The van der Waals surface area contributed by atoms with Crippen molar-refractivity contribution in [2.75, 3.05) is 19.0 Å². The molecule has 0 amide bonds. The zero-order valence-electron chi connectivity index (χ0n) is 12.5. The van der Waals surface area contributed by atoms with E-state index in [2.05, 4.69) is 10.9 Å². The number of rotatable bonds is 4. The third-order valence-corrected chi connectivity index (χ3v) is 3.09. The Hall–Kier alpha value is -2.54. The highest BCUT2D eigenvalue weighted by Crippen LogP contribution is 2.23. The van der Waals surface area contributed by atoms with Crippen molar-refractivity contribution >= 4 is 22.7 Å². The summed E-state index contributed by atoms with van der Waals surface area (Å²) in [6, 6.07) is 9.26. The molecular weight excluding hydrogens is 264 g/mol. The second-order valence-corrected chi connectivity index (χ2v) is 5.06. The van der Waals surface area contributed by atoms with Crippen LogP contribution in [0.5, 0.6) is 0 Å². The summed E-state index contributed by atoms with van der Waals surface area (Å²) in [4.78, 5) is 18.8. The van der Waals surface area contributed by atoms with Crippen LogP contribution < -0.4 is 4.90 Å². The van der Waals surface area contributed by atoms with Gasteiger partial charge >= 0.3 is 5.97 Å². The molecule has 2 rings (SSSR count). The smallest absolute Gasteiger partial charge is 0.339 e. The Balaban J connectivity index is 2.46. The van der Waals surface area contributed by atoms with Gasteiger partial charge in [-0.2, -0.15) is 0 Å². The summed E-state index contributed by atoms with van der Waals surface area (Å²) < 4.78 is 5.39. The van der Waals surface area contributed by atoms with Crippen LogP contribution in [0, 0.1) is 12.3 Å². The molecule has 108 valence electrons. The summed E-state index contributed by atoms with van der Waals surface area (Å²) in [6.45, 7) is 1.79. The molecule has 1 heterocycles. The van der Waals surface area contributed by atoms with Crippen molar-refractivity contribution in [1.29, 1.82) is 0 Å². The van der Waals surface area contributed by atoms with Gasteiger partial charge in [0.15, 0.2) is 0 Å². The van der Waals surface area contributed by atoms with Gasteiger partial charge in [-0.25, -0.2) is 9.78 Å². The molecule has 0 unspecified atom stereocenters. The van der Waals surface area contributed by atoms with Gasteiger partial charge in [-0.05, 0) is 19.1 Å².